The molecular formula is C19H21N5O3. The van der Waals surface area contributed by atoms with Gasteiger partial charge in [-0.1, -0.05) is 6.07 Å². The molecule has 0 saturated heterocycles. The van der Waals surface area contributed by atoms with Crippen molar-refractivity contribution in [1.29, 1.82) is 0 Å². The maximum absolute atomic E-state index is 12.5. The predicted octanol–water partition coefficient (Wildman–Crippen LogP) is 1.29. The molecule has 1 aliphatic heterocycles. The second kappa shape index (κ2) is 7.88. The molecule has 2 aromatic rings. The first kappa shape index (κ1) is 18.4. The largest absolute Gasteiger partial charge is 0.480 e. The minimum absolute atomic E-state index is 0.00198. The molecule has 1 aliphatic rings. The van der Waals surface area contributed by atoms with Gasteiger partial charge in [0, 0.05) is 24.3 Å². The lowest BCUT2D eigenvalue weighted by Crippen LogP contribution is -2.34. The van der Waals surface area contributed by atoms with Gasteiger partial charge in [0.15, 0.2) is 5.96 Å². The van der Waals surface area contributed by atoms with Crippen molar-refractivity contribution in [2.45, 2.75) is 13.0 Å². The molecule has 0 atom stereocenters. The topological polar surface area (TPSA) is 134 Å². The quantitative estimate of drug-likeness (QED) is 0.465. The van der Waals surface area contributed by atoms with Gasteiger partial charge in [0.05, 0.1) is 12.2 Å². The fraction of sp³-hybridized carbons (Fsp3) is 0.211. The lowest BCUT2D eigenvalue weighted by Gasteiger charge is -2.27. The fourth-order valence-corrected chi connectivity index (χ4v) is 3.05. The molecule has 6 N–H and O–H groups in total. The number of hydrogen-bond donors (Lipinski definition) is 4. The summed E-state index contributed by atoms with van der Waals surface area (Å²) in [5.74, 6) is -1.11. The molecule has 27 heavy (non-hydrogen) atoms. The van der Waals surface area contributed by atoms with E-state index in [1.165, 1.54) is 0 Å². The Bertz CT molecular complexity index is 889. The molecule has 3 rings (SSSR count). The molecule has 8 heteroatoms. The molecule has 140 valence electrons. The molecule has 0 bridgehead atoms. The third kappa shape index (κ3) is 4.83. The van der Waals surface area contributed by atoms with E-state index in [9.17, 15) is 9.59 Å². The molecule has 1 heterocycles. The summed E-state index contributed by atoms with van der Waals surface area (Å²) in [6, 6.07) is 12.4. The van der Waals surface area contributed by atoms with Gasteiger partial charge >= 0.3 is 5.97 Å². The van der Waals surface area contributed by atoms with E-state index in [1.54, 1.807) is 30.3 Å². The predicted molar refractivity (Wildman–Crippen MR) is 103 cm³/mol. The summed E-state index contributed by atoms with van der Waals surface area (Å²) >= 11 is 0. The Balaban J connectivity index is 1.70. The van der Waals surface area contributed by atoms with Crippen molar-refractivity contribution in [2.24, 2.45) is 16.5 Å². The summed E-state index contributed by atoms with van der Waals surface area (Å²) in [4.78, 5) is 29.2. The Labute approximate surface area is 156 Å². The number of anilines is 1. The third-order valence-electron chi connectivity index (χ3n) is 4.30. The van der Waals surface area contributed by atoms with Crippen molar-refractivity contribution in [3.05, 3.63) is 59.2 Å². The number of aliphatic carboxylic acids is 1. The Morgan fingerprint density at radius 3 is 2.52 bits per heavy atom. The van der Waals surface area contributed by atoms with Crippen LogP contribution in [0.25, 0.3) is 0 Å². The van der Waals surface area contributed by atoms with Crippen LogP contribution in [0.3, 0.4) is 0 Å². The van der Waals surface area contributed by atoms with E-state index < -0.39 is 5.97 Å². The standard InChI is InChI=1S/C19H21N5O3/c20-19(21)23-16-5-3-15(4-6-16)22-18(27)13-2-1-12-7-8-24(11-17(25)26)10-14(12)9-13/h1-6,9H,7-8,10-11H2,(H,22,27)(H,25,26)(H4,20,21,23). The van der Waals surface area contributed by atoms with Gasteiger partial charge in [-0.3, -0.25) is 14.5 Å². The number of nitrogens with zero attached hydrogens (tertiary/aromatic N) is 2. The van der Waals surface area contributed by atoms with Crippen LogP contribution in [0, 0.1) is 0 Å². The number of nitrogens with one attached hydrogen (secondary N) is 1. The number of aliphatic imine (C=N–C) groups is 1. The third-order valence-corrected chi connectivity index (χ3v) is 4.30. The molecule has 0 radical (unpaired) electrons. The zero-order valence-electron chi connectivity index (χ0n) is 14.7. The molecule has 0 saturated carbocycles. The summed E-state index contributed by atoms with van der Waals surface area (Å²) in [6.07, 6.45) is 0.775. The minimum atomic E-state index is -0.850. The van der Waals surface area contributed by atoms with Crippen LogP contribution >= 0.6 is 0 Å². The number of hydrogen-bond acceptors (Lipinski definition) is 4. The van der Waals surface area contributed by atoms with Crippen LogP contribution in [0.2, 0.25) is 0 Å². The van der Waals surface area contributed by atoms with Gasteiger partial charge in [-0.15, -0.1) is 0 Å². The van der Waals surface area contributed by atoms with Crippen LogP contribution in [0.15, 0.2) is 47.5 Å². The highest BCUT2D eigenvalue weighted by Crippen LogP contribution is 2.22. The van der Waals surface area contributed by atoms with Gasteiger partial charge < -0.3 is 21.9 Å². The van der Waals surface area contributed by atoms with Crippen LogP contribution in [0.4, 0.5) is 11.4 Å². The van der Waals surface area contributed by atoms with Gasteiger partial charge in [-0.2, -0.15) is 0 Å². The number of carbonyl (C=O) groups is 2. The van der Waals surface area contributed by atoms with E-state index in [0.29, 0.717) is 30.0 Å². The van der Waals surface area contributed by atoms with Crippen LogP contribution in [-0.4, -0.2) is 40.9 Å². The van der Waals surface area contributed by atoms with Crippen LogP contribution in [0.1, 0.15) is 21.5 Å². The van der Waals surface area contributed by atoms with Crippen molar-refractivity contribution in [1.82, 2.24) is 4.90 Å². The maximum atomic E-state index is 12.5. The average Bonchev–Trinajstić information content (AvgIpc) is 2.61. The van der Waals surface area contributed by atoms with E-state index in [2.05, 4.69) is 10.3 Å². The van der Waals surface area contributed by atoms with Gasteiger partial charge in [0.1, 0.15) is 0 Å². The normalized spacial score (nSPS) is 13.5. The van der Waals surface area contributed by atoms with Crippen LogP contribution in [0.5, 0.6) is 0 Å². The molecule has 0 fully saturated rings. The van der Waals surface area contributed by atoms with E-state index in [1.807, 2.05) is 17.0 Å². The minimum Gasteiger partial charge on any atom is -0.480 e. The first-order chi connectivity index (χ1) is 12.9. The Kier molecular flexibility index (Phi) is 5.37. The molecule has 0 aliphatic carbocycles. The number of carboxylic acids is 1. The molecule has 0 unspecified atom stereocenters. The smallest absolute Gasteiger partial charge is 0.317 e. The van der Waals surface area contributed by atoms with Crippen LogP contribution in [-0.2, 0) is 17.8 Å². The van der Waals surface area contributed by atoms with Gasteiger partial charge in [-0.25, -0.2) is 4.99 Å². The number of rotatable bonds is 5. The Morgan fingerprint density at radius 1 is 1.11 bits per heavy atom. The van der Waals surface area contributed by atoms with Gasteiger partial charge in [-0.05, 0) is 53.9 Å². The average molecular weight is 367 g/mol. The Morgan fingerprint density at radius 2 is 1.85 bits per heavy atom. The lowest BCUT2D eigenvalue weighted by atomic mass is 9.97. The number of carboxylic acid groups (broad SMARTS) is 1. The summed E-state index contributed by atoms with van der Waals surface area (Å²) < 4.78 is 0. The zero-order chi connectivity index (χ0) is 19.4. The van der Waals surface area contributed by atoms with E-state index in [4.69, 9.17) is 16.6 Å². The first-order valence-electron chi connectivity index (χ1n) is 8.48. The summed E-state index contributed by atoms with van der Waals surface area (Å²) in [7, 11) is 0. The molecule has 8 nitrogen and oxygen atoms in total. The maximum Gasteiger partial charge on any atom is 0.317 e. The number of benzene rings is 2. The van der Waals surface area contributed by atoms with Crippen molar-refractivity contribution >= 4 is 29.2 Å². The van der Waals surface area contributed by atoms with Gasteiger partial charge in [0.2, 0.25) is 0 Å². The molecular weight excluding hydrogens is 346 g/mol. The summed E-state index contributed by atoms with van der Waals surface area (Å²) in [6.45, 7) is 1.22. The van der Waals surface area contributed by atoms with E-state index >= 15 is 0 Å². The van der Waals surface area contributed by atoms with Crippen LogP contribution < -0.4 is 16.8 Å². The first-order valence-corrected chi connectivity index (χ1v) is 8.48. The van der Waals surface area contributed by atoms with Crippen molar-refractivity contribution in [3.63, 3.8) is 0 Å². The molecule has 0 spiro atoms. The fourth-order valence-electron chi connectivity index (χ4n) is 3.05. The SMILES string of the molecule is NC(N)=Nc1ccc(NC(=O)c2ccc3c(c2)CN(CC(=O)O)CC3)cc1. The molecule has 0 aromatic heterocycles. The zero-order valence-corrected chi connectivity index (χ0v) is 14.7. The number of amides is 1. The monoisotopic (exact) mass is 367 g/mol. The van der Waals surface area contributed by atoms with Crippen molar-refractivity contribution < 1.29 is 14.7 Å². The second-order valence-corrected chi connectivity index (χ2v) is 6.38. The molecule has 2 aromatic carbocycles. The van der Waals surface area contributed by atoms with E-state index in [0.717, 1.165) is 17.5 Å². The highest BCUT2D eigenvalue weighted by Gasteiger charge is 2.19. The van der Waals surface area contributed by atoms with Crippen molar-refractivity contribution in [3.8, 4) is 0 Å². The second-order valence-electron chi connectivity index (χ2n) is 6.38. The van der Waals surface area contributed by atoms with Crippen molar-refractivity contribution in [2.75, 3.05) is 18.4 Å². The summed E-state index contributed by atoms with van der Waals surface area (Å²) in [5, 5.41) is 11.8. The number of fused-ring (bicyclic) bond motifs is 1. The highest BCUT2D eigenvalue weighted by atomic mass is 16.4. The highest BCUT2D eigenvalue weighted by molar-refractivity contribution is 6.04. The molecule has 1 amide bonds. The lowest BCUT2D eigenvalue weighted by molar-refractivity contribution is -0.138. The van der Waals surface area contributed by atoms with E-state index in [-0.39, 0.29) is 18.4 Å². The number of guanidine groups is 1. The number of nitrogens with two attached hydrogens (primary N) is 2. The summed E-state index contributed by atoms with van der Waals surface area (Å²) in [5.41, 5.74) is 14.5. The van der Waals surface area contributed by atoms with Gasteiger partial charge in [0.25, 0.3) is 5.91 Å². The Hall–Kier alpha value is -3.39. The number of carbonyl (C=O) groups excluding carboxylic acids is 1.